The minimum Gasteiger partial charge on any atom is -0.481 e. The van der Waals surface area contributed by atoms with E-state index in [1.807, 2.05) is 42.1 Å². The zero-order chi connectivity index (χ0) is 22.2. The normalized spacial score (nSPS) is 11.8. The van der Waals surface area contributed by atoms with E-state index >= 15 is 0 Å². The molecule has 0 aliphatic carbocycles. The highest BCUT2D eigenvalue weighted by molar-refractivity contribution is 6.04. The van der Waals surface area contributed by atoms with Crippen LogP contribution in [0.3, 0.4) is 0 Å². The Bertz CT molecular complexity index is 1590. The van der Waals surface area contributed by atoms with Crippen LogP contribution in [-0.2, 0) is 7.05 Å². The summed E-state index contributed by atoms with van der Waals surface area (Å²) in [6, 6.07) is 12.5. The average Bonchev–Trinajstić information content (AvgIpc) is 3.11. The van der Waals surface area contributed by atoms with E-state index in [1.165, 1.54) is 6.20 Å². The van der Waals surface area contributed by atoms with Crippen LogP contribution >= 0.6 is 0 Å². The van der Waals surface area contributed by atoms with E-state index in [0.29, 0.717) is 28.3 Å². The molecule has 4 heterocycles. The number of benzene rings is 1. The predicted octanol–water partition coefficient (Wildman–Crippen LogP) is 3.50. The van der Waals surface area contributed by atoms with E-state index in [1.54, 1.807) is 42.3 Å². The van der Waals surface area contributed by atoms with Crippen molar-refractivity contribution in [1.82, 2.24) is 24.1 Å². The fraction of sp³-hybridized carbons (Fsp3) is 0.0870. The molecule has 156 valence electrons. The molecule has 0 fully saturated rings. The molecule has 1 aromatic carbocycles. The lowest BCUT2D eigenvalue weighted by Gasteiger charge is -2.09. The second kappa shape index (κ2) is 7.59. The van der Waals surface area contributed by atoms with Crippen molar-refractivity contribution in [3.05, 3.63) is 72.6 Å². The maximum absolute atomic E-state index is 14.4. The molecular weight excluding hydrogens is 409 g/mol. The summed E-state index contributed by atoms with van der Waals surface area (Å²) in [5.74, 6) is -0.0818. The number of ether oxygens (including phenoxy) is 1. The Kier molecular flexibility index (Phi) is 4.60. The summed E-state index contributed by atoms with van der Waals surface area (Å²) in [5, 5.41) is 10.1. The van der Waals surface area contributed by atoms with Gasteiger partial charge in [-0.05, 0) is 35.9 Å². The minimum atomic E-state index is -0.549. The van der Waals surface area contributed by atoms with Gasteiger partial charge >= 0.3 is 0 Å². The van der Waals surface area contributed by atoms with Crippen LogP contribution in [0, 0.1) is 17.4 Å². The summed E-state index contributed by atoms with van der Waals surface area (Å²) in [6.45, 7) is 0. The van der Waals surface area contributed by atoms with E-state index in [0.717, 1.165) is 21.9 Å². The van der Waals surface area contributed by atoms with Gasteiger partial charge in [-0.2, -0.15) is 9.65 Å². The monoisotopic (exact) mass is 425 g/mol. The van der Waals surface area contributed by atoms with E-state index in [-0.39, 0.29) is 0 Å². The number of rotatable bonds is 3. The van der Waals surface area contributed by atoms with Crippen LogP contribution in [0.5, 0.6) is 5.88 Å². The Labute approximate surface area is 181 Å². The summed E-state index contributed by atoms with van der Waals surface area (Å²) >= 11 is 0. The maximum atomic E-state index is 14.4. The van der Waals surface area contributed by atoms with Crippen LogP contribution in [-0.4, -0.2) is 31.2 Å². The van der Waals surface area contributed by atoms with Gasteiger partial charge in [-0.15, -0.1) is 4.99 Å². The molecule has 0 unspecified atom stereocenters. The van der Waals surface area contributed by atoms with Gasteiger partial charge in [-0.3, -0.25) is 9.55 Å². The van der Waals surface area contributed by atoms with Crippen LogP contribution in [0.2, 0.25) is 0 Å². The molecule has 0 aliphatic heterocycles. The van der Waals surface area contributed by atoms with Crippen molar-refractivity contribution in [2.45, 2.75) is 0 Å². The molecule has 0 spiro atoms. The van der Waals surface area contributed by atoms with E-state index in [2.05, 4.69) is 19.9 Å². The van der Waals surface area contributed by atoms with Crippen molar-refractivity contribution in [3.8, 4) is 28.9 Å². The SMILES string of the molecule is COc1ccc(-n2/c(=N\C#N)n(C)c3cnc4ccc(-c5cccnc5F)cc4c32)cn1. The molecule has 0 aliphatic rings. The molecular formula is C23H16FN7O. The van der Waals surface area contributed by atoms with Crippen molar-refractivity contribution in [2.75, 3.05) is 7.11 Å². The number of pyridine rings is 3. The Hall–Kier alpha value is -4.58. The smallest absolute Gasteiger partial charge is 0.226 e. The summed E-state index contributed by atoms with van der Waals surface area (Å²) in [7, 11) is 3.35. The average molecular weight is 425 g/mol. The molecule has 32 heavy (non-hydrogen) atoms. The van der Waals surface area contributed by atoms with Gasteiger partial charge in [0.25, 0.3) is 0 Å². The Morgan fingerprint density at radius 3 is 2.69 bits per heavy atom. The number of methoxy groups -OCH3 is 1. The molecule has 0 atom stereocenters. The summed E-state index contributed by atoms with van der Waals surface area (Å²) in [4.78, 5) is 16.7. The van der Waals surface area contributed by atoms with Crippen molar-refractivity contribution in [1.29, 1.82) is 5.26 Å². The molecule has 5 aromatic rings. The molecule has 0 bridgehead atoms. The maximum Gasteiger partial charge on any atom is 0.226 e. The van der Waals surface area contributed by atoms with Gasteiger partial charge in [0.1, 0.15) is 0 Å². The Morgan fingerprint density at radius 1 is 1.09 bits per heavy atom. The molecule has 0 saturated heterocycles. The third kappa shape index (κ3) is 2.97. The van der Waals surface area contributed by atoms with Crippen molar-refractivity contribution in [2.24, 2.45) is 12.0 Å². The molecule has 9 heteroatoms. The molecule has 4 aromatic heterocycles. The molecule has 5 rings (SSSR count). The van der Waals surface area contributed by atoms with Crippen LogP contribution in [0.4, 0.5) is 4.39 Å². The van der Waals surface area contributed by atoms with Gasteiger partial charge < -0.3 is 9.30 Å². The van der Waals surface area contributed by atoms with Gasteiger partial charge in [0.15, 0.2) is 0 Å². The van der Waals surface area contributed by atoms with Crippen LogP contribution in [0.25, 0.3) is 38.8 Å². The second-order valence-electron chi connectivity index (χ2n) is 7.03. The number of fused-ring (bicyclic) bond motifs is 3. The minimum absolute atomic E-state index is 0.391. The van der Waals surface area contributed by atoms with Gasteiger partial charge in [-0.1, -0.05) is 6.07 Å². The van der Waals surface area contributed by atoms with E-state index < -0.39 is 5.95 Å². The number of aryl methyl sites for hydroxylation is 1. The molecule has 0 amide bonds. The number of nitriles is 1. The lowest BCUT2D eigenvalue weighted by Crippen LogP contribution is -2.22. The molecule has 8 nitrogen and oxygen atoms in total. The lowest BCUT2D eigenvalue weighted by atomic mass is 10.0. The lowest BCUT2D eigenvalue weighted by molar-refractivity contribution is 0.398. The second-order valence-corrected chi connectivity index (χ2v) is 7.03. The quantitative estimate of drug-likeness (QED) is 0.326. The largest absolute Gasteiger partial charge is 0.481 e. The zero-order valence-electron chi connectivity index (χ0n) is 17.2. The fourth-order valence-corrected chi connectivity index (χ4v) is 3.81. The first-order valence-corrected chi connectivity index (χ1v) is 9.66. The zero-order valence-corrected chi connectivity index (χ0v) is 17.2. The topological polar surface area (TPSA) is 93.9 Å². The number of imidazole rings is 1. The molecule has 0 saturated carbocycles. The third-order valence-electron chi connectivity index (χ3n) is 5.31. The van der Waals surface area contributed by atoms with Gasteiger partial charge in [0.2, 0.25) is 23.6 Å². The van der Waals surface area contributed by atoms with Crippen LogP contribution < -0.4 is 10.4 Å². The number of hydrogen-bond acceptors (Lipinski definition) is 6. The first kappa shape index (κ1) is 19.4. The van der Waals surface area contributed by atoms with Crippen molar-refractivity contribution >= 4 is 21.9 Å². The van der Waals surface area contributed by atoms with Crippen molar-refractivity contribution in [3.63, 3.8) is 0 Å². The van der Waals surface area contributed by atoms with Crippen LogP contribution in [0.15, 0.2) is 66.0 Å². The van der Waals surface area contributed by atoms with Gasteiger partial charge in [-0.25, -0.2) is 9.97 Å². The van der Waals surface area contributed by atoms with Crippen molar-refractivity contribution < 1.29 is 9.13 Å². The highest BCUT2D eigenvalue weighted by Gasteiger charge is 2.17. The fourth-order valence-electron chi connectivity index (χ4n) is 3.81. The first-order chi connectivity index (χ1) is 15.6. The van der Waals surface area contributed by atoms with E-state index in [4.69, 9.17) is 4.74 Å². The molecule has 0 N–H and O–H groups in total. The van der Waals surface area contributed by atoms with Crippen LogP contribution in [0.1, 0.15) is 0 Å². The van der Waals surface area contributed by atoms with E-state index in [9.17, 15) is 9.65 Å². The number of aromatic nitrogens is 5. The standard InChI is InChI=1S/C23H16FN7O/c1-30-19-12-27-18-7-5-14(16-4-3-9-26-22(16)24)10-17(18)21(19)31(23(30)29-13-25)15-6-8-20(32-2)28-11-15/h3-12H,1-2H3/b29-23-. The number of halogens is 1. The highest BCUT2D eigenvalue weighted by atomic mass is 19.1. The Morgan fingerprint density at radius 2 is 1.97 bits per heavy atom. The summed E-state index contributed by atoms with van der Waals surface area (Å²) < 4.78 is 23.2. The summed E-state index contributed by atoms with van der Waals surface area (Å²) in [6.07, 6.45) is 6.66. The van der Waals surface area contributed by atoms with Gasteiger partial charge in [0, 0.05) is 30.3 Å². The Balaban J connectivity index is 1.91. The molecule has 0 radical (unpaired) electrons. The summed E-state index contributed by atoms with van der Waals surface area (Å²) in [5.41, 5.74) is 4.39. The number of hydrogen-bond donors (Lipinski definition) is 0. The highest BCUT2D eigenvalue weighted by Crippen LogP contribution is 2.30. The predicted molar refractivity (Wildman–Crippen MR) is 116 cm³/mol. The third-order valence-corrected chi connectivity index (χ3v) is 5.31. The first-order valence-electron chi connectivity index (χ1n) is 9.66. The number of nitrogens with zero attached hydrogens (tertiary/aromatic N) is 7. The van der Waals surface area contributed by atoms with Gasteiger partial charge in [0.05, 0.1) is 41.7 Å².